The number of aliphatic hydroxyl groups excluding tert-OH is 1. The molecule has 0 saturated carbocycles. The predicted octanol–water partition coefficient (Wildman–Crippen LogP) is 4.46. The van der Waals surface area contributed by atoms with Gasteiger partial charge in [-0.25, -0.2) is 23.5 Å². The number of primary amides is 1. The van der Waals surface area contributed by atoms with E-state index in [1.807, 2.05) is 51.1 Å². The van der Waals surface area contributed by atoms with Crippen LogP contribution in [0.3, 0.4) is 0 Å². The van der Waals surface area contributed by atoms with Crippen molar-refractivity contribution in [3.8, 4) is 11.3 Å². The number of anilines is 1. The normalized spacial score (nSPS) is 13.9. The van der Waals surface area contributed by atoms with E-state index in [2.05, 4.69) is 16.0 Å². The van der Waals surface area contributed by atoms with Gasteiger partial charge in [0.05, 0.1) is 69.1 Å². The molecular weight excluding hydrogens is 1060 g/mol. The number of ketones is 2. The number of nitrogens with zero attached hydrogens (tertiary/aromatic N) is 4. The number of hydrogen-bond acceptors (Lipinski definition) is 14. The van der Waals surface area contributed by atoms with E-state index in [1.165, 1.54) is 17.1 Å². The Bertz CT molecular complexity index is 2820. The Hall–Kier alpha value is -7.57. The Labute approximate surface area is 476 Å². The maximum Gasteiger partial charge on any atom is 0.312 e. The molecule has 1 aliphatic rings. The van der Waals surface area contributed by atoms with Gasteiger partial charge in [-0.3, -0.25) is 33.6 Å². The molecular formula is C59H77F2N9O12. The standard InChI is InChI=1S/C59H77F2N9O12/c1-38(2)44(56(77)67-48(12-9-23-65-58(63)79)50(73)32-39-13-16-42(17-14-39)70-51(74)19-20-52(70)75)34-43(72)22-26-80-28-30-82-31-29-81-27-24-64-57(78)47(62)21-25-69(53(76)37-71)54(59(3,4)5)55-66-49(45-33-41(60)15-18-46(45)61)36-68(55)35-40-10-7-6-8-11-40/h6-8,10-11,13-20,33,36,38,44,47-48,54,71H,9,12,21-32,34-35,37,62H2,1-5H3,(H,64,78)(H,67,77)(H3,63,65,79)/t44-,47-,48-,54-/m0/s1. The number of ether oxygens (including phenoxy) is 3. The van der Waals surface area contributed by atoms with Crippen molar-refractivity contribution in [2.75, 3.05) is 70.8 Å². The molecule has 1 aromatic heterocycles. The number of nitrogens with one attached hydrogen (secondary N) is 3. The van der Waals surface area contributed by atoms with Crippen molar-refractivity contribution >= 4 is 52.8 Å². The summed E-state index contributed by atoms with van der Waals surface area (Å²) < 4.78 is 48.0. The molecule has 7 amide bonds. The van der Waals surface area contributed by atoms with Gasteiger partial charge in [-0.1, -0.05) is 77.1 Å². The molecule has 0 radical (unpaired) electrons. The maximum absolute atomic E-state index is 15.1. The molecule has 0 bridgehead atoms. The third-order valence-corrected chi connectivity index (χ3v) is 13.5. The highest BCUT2D eigenvalue weighted by Crippen LogP contribution is 2.40. The van der Waals surface area contributed by atoms with E-state index in [4.69, 9.17) is 30.7 Å². The summed E-state index contributed by atoms with van der Waals surface area (Å²) in [5.74, 6) is -5.04. The third kappa shape index (κ3) is 20.1. The zero-order chi connectivity index (χ0) is 59.9. The monoisotopic (exact) mass is 1140 g/mol. The van der Waals surface area contributed by atoms with E-state index < -0.39 is 83.3 Å². The van der Waals surface area contributed by atoms with E-state index in [0.717, 1.165) is 28.7 Å². The summed E-state index contributed by atoms with van der Waals surface area (Å²) in [7, 11) is 0. The van der Waals surface area contributed by atoms with Gasteiger partial charge in [0.15, 0.2) is 5.78 Å². The number of imidazole rings is 1. The van der Waals surface area contributed by atoms with E-state index in [9.17, 15) is 47.9 Å². The second-order valence-electron chi connectivity index (χ2n) is 21.3. The van der Waals surface area contributed by atoms with E-state index in [1.54, 1.807) is 48.9 Å². The van der Waals surface area contributed by atoms with Crippen molar-refractivity contribution in [1.29, 1.82) is 0 Å². The van der Waals surface area contributed by atoms with E-state index >= 15 is 4.39 Å². The lowest BCUT2D eigenvalue weighted by molar-refractivity contribution is -0.140. The van der Waals surface area contributed by atoms with E-state index in [-0.39, 0.29) is 127 Å². The largest absolute Gasteiger partial charge is 0.387 e. The predicted molar refractivity (Wildman–Crippen MR) is 300 cm³/mol. The molecule has 3 aromatic carbocycles. The van der Waals surface area contributed by atoms with Gasteiger partial charge >= 0.3 is 6.03 Å². The van der Waals surface area contributed by atoms with Gasteiger partial charge in [0.2, 0.25) is 17.7 Å². The number of urea groups is 1. The van der Waals surface area contributed by atoms with Crippen molar-refractivity contribution in [3.05, 3.63) is 120 Å². The second-order valence-corrected chi connectivity index (χ2v) is 21.3. The number of aromatic nitrogens is 2. The molecule has 2 heterocycles. The number of imide groups is 1. The van der Waals surface area contributed by atoms with Crippen LogP contribution >= 0.6 is 0 Å². The number of aliphatic hydroxyl groups is 1. The Kier molecular flexibility index (Phi) is 25.6. The Morgan fingerprint density at radius 1 is 0.793 bits per heavy atom. The molecule has 21 nitrogen and oxygen atoms in total. The highest BCUT2D eigenvalue weighted by Gasteiger charge is 2.39. The van der Waals surface area contributed by atoms with Gasteiger partial charge in [0.1, 0.15) is 29.8 Å². The number of nitrogens with two attached hydrogens (primary N) is 2. The van der Waals surface area contributed by atoms with Crippen LogP contribution in [0.15, 0.2) is 91.1 Å². The average Bonchev–Trinajstić information content (AvgIpc) is 3.31. The van der Waals surface area contributed by atoms with Crippen LogP contribution in [0.1, 0.15) is 89.7 Å². The van der Waals surface area contributed by atoms with Crippen LogP contribution in [-0.2, 0) is 60.7 Å². The molecule has 0 spiro atoms. The molecule has 82 heavy (non-hydrogen) atoms. The first-order valence-electron chi connectivity index (χ1n) is 27.3. The highest BCUT2D eigenvalue weighted by atomic mass is 19.1. The smallest absolute Gasteiger partial charge is 0.312 e. The lowest BCUT2D eigenvalue weighted by atomic mass is 9.84. The van der Waals surface area contributed by atoms with Crippen LogP contribution in [0.5, 0.6) is 0 Å². The van der Waals surface area contributed by atoms with Gasteiger partial charge < -0.3 is 56.2 Å². The summed E-state index contributed by atoms with van der Waals surface area (Å²) >= 11 is 0. The lowest BCUT2D eigenvalue weighted by Crippen LogP contribution is -2.48. The molecule has 23 heteroatoms. The van der Waals surface area contributed by atoms with Crippen LogP contribution in [0.25, 0.3) is 11.3 Å². The zero-order valence-electron chi connectivity index (χ0n) is 47.2. The molecule has 4 aromatic rings. The second kappa shape index (κ2) is 32.2. The van der Waals surface area contributed by atoms with Crippen molar-refractivity contribution in [3.63, 3.8) is 0 Å². The number of halogens is 2. The first-order chi connectivity index (χ1) is 39.1. The molecule has 0 unspecified atom stereocenters. The Morgan fingerprint density at radius 2 is 1.44 bits per heavy atom. The fourth-order valence-electron chi connectivity index (χ4n) is 9.21. The van der Waals surface area contributed by atoms with Gasteiger partial charge in [-0.05, 0) is 72.1 Å². The Morgan fingerprint density at radius 3 is 2.06 bits per heavy atom. The van der Waals surface area contributed by atoms with Gasteiger partial charge in [0.25, 0.3) is 11.8 Å². The first kappa shape index (κ1) is 65.2. The van der Waals surface area contributed by atoms with Crippen LogP contribution in [0, 0.1) is 28.9 Å². The van der Waals surface area contributed by atoms with Crippen molar-refractivity contribution in [1.82, 2.24) is 30.4 Å². The summed E-state index contributed by atoms with van der Waals surface area (Å²) in [4.78, 5) is 110. The molecule has 5 rings (SSSR count). The summed E-state index contributed by atoms with van der Waals surface area (Å²) in [5, 5.41) is 18.2. The quantitative estimate of drug-likeness (QED) is 0.0274. The molecule has 8 N–H and O–H groups in total. The zero-order valence-corrected chi connectivity index (χ0v) is 47.2. The summed E-state index contributed by atoms with van der Waals surface area (Å²) in [6.07, 6.45) is 4.35. The number of rotatable bonds is 35. The number of Topliss-reactive ketones (excluding diaryl/α,β-unsaturated/α-hetero) is 2. The number of amides is 7. The Balaban J connectivity index is 1.01. The fourth-order valence-corrected chi connectivity index (χ4v) is 9.21. The van der Waals surface area contributed by atoms with Crippen LogP contribution in [0.2, 0.25) is 0 Å². The molecule has 444 valence electrons. The van der Waals surface area contributed by atoms with E-state index in [0.29, 0.717) is 23.5 Å². The molecule has 0 saturated heterocycles. The van der Waals surface area contributed by atoms with Gasteiger partial charge in [-0.15, -0.1) is 0 Å². The summed E-state index contributed by atoms with van der Waals surface area (Å²) in [5.41, 5.74) is 12.7. The van der Waals surface area contributed by atoms with Crippen LogP contribution in [0.4, 0.5) is 19.3 Å². The first-order valence-corrected chi connectivity index (χ1v) is 27.3. The molecule has 4 atom stereocenters. The minimum absolute atomic E-state index is 0.00992. The number of carbonyl (C=O) groups excluding carboxylic acids is 8. The third-order valence-electron chi connectivity index (χ3n) is 13.5. The molecule has 1 aliphatic heterocycles. The topological polar surface area (TPSA) is 297 Å². The van der Waals surface area contributed by atoms with Crippen molar-refractivity contribution in [2.24, 2.45) is 28.7 Å². The minimum atomic E-state index is -1.05. The van der Waals surface area contributed by atoms with Gasteiger partial charge in [0, 0.05) is 75.3 Å². The van der Waals surface area contributed by atoms with Crippen LogP contribution in [-0.4, -0.2) is 145 Å². The summed E-state index contributed by atoms with van der Waals surface area (Å²) in [6, 6.07) is 15.3. The van der Waals surface area contributed by atoms with Crippen LogP contribution < -0.4 is 32.3 Å². The molecule has 0 aliphatic carbocycles. The van der Waals surface area contributed by atoms with Crippen molar-refractivity contribution < 1.29 is 66.5 Å². The SMILES string of the molecule is CC(C)[C@H](CC(=O)CCOCCOCCOCCNC(=O)[C@@H](N)CCN(C(=O)CO)[C@@H](c1nc(-c2cc(F)ccc2F)cn1Cc1ccccc1)C(C)(C)C)C(=O)N[C@@H](CCCNC(N)=O)C(=O)Cc1ccc(N2C(=O)C=CC2=O)cc1. The maximum atomic E-state index is 15.1. The summed E-state index contributed by atoms with van der Waals surface area (Å²) in [6.45, 7) is 9.98. The fraction of sp³-hybridized carbons (Fsp3) is 0.475. The minimum Gasteiger partial charge on any atom is -0.387 e. The van der Waals surface area contributed by atoms with Gasteiger partial charge in [-0.2, -0.15) is 0 Å². The number of benzene rings is 3. The average molecular weight is 1140 g/mol. The molecule has 0 fully saturated rings. The number of carbonyl (C=O) groups is 8. The van der Waals surface area contributed by atoms with Crippen molar-refractivity contribution in [2.45, 2.75) is 97.8 Å². The highest BCUT2D eigenvalue weighted by molar-refractivity contribution is 6.28. The number of hydrogen-bond donors (Lipinski definition) is 6. The lowest BCUT2D eigenvalue weighted by Gasteiger charge is -2.40.